The maximum absolute atomic E-state index is 13.0. The van der Waals surface area contributed by atoms with Crippen molar-refractivity contribution in [1.82, 2.24) is 10.3 Å². The van der Waals surface area contributed by atoms with Crippen molar-refractivity contribution in [3.8, 4) is 23.3 Å². The predicted octanol–water partition coefficient (Wildman–Crippen LogP) is 3.57. The molecular formula is C22H28N2O5. The predicted molar refractivity (Wildman–Crippen MR) is 109 cm³/mol. The van der Waals surface area contributed by atoms with Crippen molar-refractivity contribution in [3.05, 3.63) is 41.5 Å². The van der Waals surface area contributed by atoms with Gasteiger partial charge in [0.05, 0.1) is 28.4 Å². The number of methoxy groups -OCH3 is 4. The highest BCUT2D eigenvalue weighted by Gasteiger charge is 2.29. The second kappa shape index (κ2) is 9.49. The molecule has 1 saturated carbocycles. The van der Waals surface area contributed by atoms with Gasteiger partial charge < -0.3 is 24.3 Å². The molecule has 1 aromatic carbocycles. The van der Waals surface area contributed by atoms with Gasteiger partial charge in [0.15, 0.2) is 11.5 Å². The molecule has 0 aliphatic heterocycles. The summed E-state index contributed by atoms with van der Waals surface area (Å²) < 4.78 is 21.2. The van der Waals surface area contributed by atoms with Crippen LogP contribution in [-0.4, -0.2) is 45.4 Å². The maximum Gasteiger partial charge on any atom is 0.257 e. The summed E-state index contributed by atoms with van der Waals surface area (Å²) in [4.78, 5) is 17.2. The number of rotatable bonds is 7. The van der Waals surface area contributed by atoms with E-state index in [1.807, 2.05) is 18.2 Å². The zero-order valence-corrected chi connectivity index (χ0v) is 17.4. The van der Waals surface area contributed by atoms with Gasteiger partial charge in [-0.15, -0.1) is 0 Å². The van der Waals surface area contributed by atoms with Crippen LogP contribution < -0.4 is 24.3 Å². The lowest BCUT2D eigenvalue weighted by atomic mass is 9.79. The topological polar surface area (TPSA) is 78.9 Å². The summed E-state index contributed by atoms with van der Waals surface area (Å²) in [6.45, 7) is 0. The second-order valence-corrected chi connectivity index (χ2v) is 7.00. The lowest BCUT2D eigenvalue weighted by molar-refractivity contribution is 0.0916. The monoisotopic (exact) mass is 400 g/mol. The van der Waals surface area contributed by atoms with E-state index in [-0.39, 0.29) is 23.7 Å². The maximum atomic E-state index is 13.0. The van der Waals surface area contributed by atoms with E-state index in [0.717, 1.165) is 31.2 Å². The van der Waals surface area contributed by atoms with Crippen molar-refractivity contribution in [2.24, 2.45) is 0 Å². The van der Waals surface area contributed by atoms with Gasteiger partial charge in [0.2, 0.25) is 11.8 Å². The molecule has 0 bridgehead atoms. The summed E-state index contributed by atoms with van der Waals surface area (Å²) in [5, 5.41) is 3.19. The SMILES string of the molecule is COc1ccc(C(=O)N[C@@H]2CCCC[C@@H]2c2ccc(OC)c(OC)c2)c(OC)n1. The molecule has 0 saturated heterocycles. The molecule has 29 heavy (non-hydrogen) atoms. The second-order valence-electron chi connectivity index (χ2n) is 7.00. The van der Waals surface area contributed by atoms with Crippen molar-refractivity contribution < 1.29 is 23.7 Å². The largest absolute Gasteiger partial charge is 0.493 e. The standard InChI is InChI=1S/C22H28N2O5/c1-26-18-11-9-14(13-19(18)27-2)15-7-5-6-8-17(15)23-21(25)16-10-12-20(28-3)24-22(16)29-4/h9-13,15,17H,5-8H2,1-4H3,(H,23,25)/t15-,17-/m1/s1. The van der Waals surface area contributed by atoms with Gasteiger partial charge in [-0.3, -0.25) is 4.79 Å². The van der Waals surface area contributed by atoms with Gasteiger partial charge >= 0.3 is 0 Å². The van der Waals surface area contributed by atoms with Gasteiger partial charge in [-0.1, -0.05) is 18.9 Å². The normalized spacial score (nSPS) is 18.6. The molecule has 1 amide bonds. The summed E-state index contributed by atoms with van der Waals surface area (Å²) in [6.07, 6.45) is 4.11. The molecule has 1 aromatic heterocycles. The first kappa shape index (κ1) is 20.8. The Hall–Kier alpha value is -2.96. The van der Waals surface area contributed by atoms with Gasteiger partial charge in [-0.25, -0.2) is 0 Å². The number of carbonyl (C=O) groups excluding carboxylic acids is 1. The fraction of sp³-hybridized carbons (Fsp3) is 0.455. The van der Waals surface area contributed by atoms with Crippen molar-refractivity contribution in [2.75, 3.05) is 28.4 Å². The van der Waals surface area contributed by atoms with Gasteiger partial charge in [-0.2, -0.15) is 4.98 Å². The molecule has 0 unspecified atom stereocenters. The lowest BCUT2D eigenvalue weighted by Crippen LogP contribution is -2.41. The molecule has 2 atom stereocenters. The molecule has 1 aliphatic carbocycles. The van der Waals surface area contributed by atoms with Gasteiger partial charge in [0.25, 0.3) is 5.91 Å². The Morgan fingerprint density at radius 3 is 2.38 bits per heavy atom. The zero-order chi connectivity index (χ0) is 20.8. The number of hydrogen-bond acceptors (Lipinski definition) is 6. The number of nitrogens with one attached hydrogen (secondary N) is 1. The Kier molecular flexibility index (Phi) is 6.80. The summed E-state index contributed by atoms with van der Waals surface area (Å²) in [5.41, 5.74) is 1.53. The van der Waals surface area contributed by atoms with Gasteiger partial charge in [0, 0.05) is 18.0 Å². The van der Waals surface area contributed by atoms with Gasteiger partial charge in [0.1, 0.15) is 5.56 Å². The molecule has 7 heteroatoms. The first-order chi connectivity index (χ1) is 14.1. The molecule has 1 N–H and O–H groups in total. The fourth-order valence-electron chi connectivity index (χ4n) is 3.90. The first-order valence-corrected chi connectivity index (χ1v) is 9.73. The number of aromatic nitrogens is 1. The van der Waals surface area contributed by atoms with Crippen LogP contribution in [0.4, 0.5) is 0 Å². The van der Waals surface area contributed by atoms with Crippen LogP contribution in [0.5, 0.6) is 23.3 Å². The minimum absolute atomic E-state index is 0.0150. The molecule has 0 radical (unpaired) electrons. The van der Waals surface area contributed by atoms with E-state index in [1.54, 1.807) is 26.4 Å². The van der Waals surface area contributed by atoms with E-state index >= 15 is 0 Å². The van der Waals surface area contributed by atoms with Crippen LogP contribution in [0, 0.1) is 0 Å². The van der Waals surface area contributed by atoms with Crippen LogP contribution in [-0.2, 0) is 0 Å². The molecule has 1 fully saturated rings. The fourth-order valence-corrected chi connectivity index (χ4v) is 3.90. The van der Waals surface area contributed by atoms with E-state index in [9.17, 15) is 4.79 Å². The molecule has 1 heterocycles. The van der Waals surface area contributed by atoms with Crippen LogP contribution in [0.15, 0.2) is 30.3 Å². The average Bonchev–Trinajstić information content (AvgIpc) is 2.78. The molecular weight excluding hydrogens is 372 g/mol. The first-order valence-electron chi connectivity index (χ1n) is 9.73. The number of nitrogens with zero attached hydrogens (tertiary/aromatic N) is 1. The average molecular weight is 400 g/mol. The summed E-state index contributed by atoms with van der Waals surface area (Å²) in [7, 11) is 6.27. The number of ether oxygens (including phenoxy) is 4. The lowest BCUT2D eigenvalue weighted by Gasteiger charge is -2.33. The van der Waals surface area contributed by atoms with Crippen LogP contribution >= 0.6 is 0 Å². The Morgan fingerprint density at radius 2 is 1.69 bits per heavy atom. The molecule has 2 aromatic rings. The highest BCUT2D eigenvalue weighted by atomic mass is 16.5. The Morgan fingerprint density at radius 1 is 0.931 bits per heavy atom. The van der Waals surface area contributed by atoms with Crippen molar-refractivity contribution in [1.29, 1.82) is 0 Å². The minimum atomic E-state index is -0.200. The number of benzene rings is 1. The molecule has 1 aliphatic rings. The summed E-state index contributed by atoms with van der Waals surface area (Å²) in [5.74, 6) is 2.04. The van der Waals surface area contributed by atoms with Crippen molar-refractivity contribution in [3.63, 3.8) is 0 Å². The van der Waals surface area contributed by atoms with E-state index in [2.05, 4.69) is 10.3 Å². The van der Waals surface area contributed by atoms with E-state index in [4.69, 9.17) is 18.9 Å². The molecule has 7 nitrogen and oxygen atoms in total. The Bertz CT molecular complexity index is 855. The molecule has 0 spiro atoms. The Labute approximate surface area is 171 Å². The van der Waals surface area contributed by atoms with Crippen LogP contribution in [0.25, 0.3) is 0 Å². The number of amides is 1. The molecule has 3 rings (SSSR count). The van der Waals surface area contributed by atoms with Crippen LogP contribution in [0.2, 0.25) is 0 Å². The van der Waals surface area contributed by atoms with E-state index in [1.165, 1.54) is 14.2 Å². The van der Waals surface area contributed by atoms with Crippen LogP contribution in [0.1, 0.15) is 47.5 Å². The third-order valence-electron chi connectivity index (χ3n) is 5.40. The quantitative estimate of drug-likeness (QED) is 0.765. The van der Waals surface area contributed by atoms with Crippen LogP contribution in [0.3, 0.4) is 0 Å². The van der Waals surface area contributed by atoms with Gasteiger partial charge in [-0.05, 0) is 36.6 Å². The highest BCUT2D eigenvalue weighted by Crippen LogP contribution is 2.37. The van der Waals surface area contributed by atoms with Crippen molar-refractivity contribution >= 4 is 5.91 Å². The molecule has 156 valence electrons. The highest BCUT2D eigenvalue weighted by molar-refractivity contribution is 5.96. The number of pyridine rings is 1. The third-order valence-corrected chi connectivity index (χ3v) is 5.40. The third kappa shape index (κ3) is 4.55. The van der Waals surface area contributed by atoms with E-state index in [0.29, 0.717) is 22.9 Å². The zero-order valence-electron chi connectivity index (χ0n) is 17.4. The number of hydrogen-bond donors (Lipinski definition) is 1. The Balaban J connectivity index is 1.83. The van der Waals surface area contributed by atoms with Crippen molar-refractivity contribution in [2.45, 2.75) is 37.6 Å². The minimum Gasteiger partial charge on any atom is -0.493 e. The van der Waals surface area contributed by atoms with E-state index < -0.39 is 0 Å². The smallest absolute Gasteiger partial charge is 0.257 e. The summed E-state index contributed by atoms with van der Waals surface area (Å²) >= 11 is 0. The summed E-state index contributed by atoms with van der Waals surface area (Å²) in [6, 6.07) is 9.31. The number of carbonyl (C=O) groups is 1.